The lowest BCUT2D eigenvalue weighted by atomic mass is 10.0. The number of carboxylic acids is 1. The number of nitriles is 1. The molecule has 5 rings (SSSR count). The molecule has 13 heteroatoms. The van der Waals surface area contributed by atoms with Gasteiger partial charge in [0, 0.05) is 46.2 Å². The van der Waals surface area contributed by atoms with E-state index in [2.05, 4.69) is 21.3 Å². The quantitative estimate of drug-likeness (QED) is 0.0715. The van der Waals surface area contributed by atoms with E-state index in [-0.39, 0.29) is 13.2 Å². The molecule has 52 heavy (non-hydrogen) atoms. The Labute approximate surface area is 318 Å². The molecule has 0 amide bonds. The van der Waals surface area contributed by atoms with Crippen LogP contribution in [-0.2, 0) is 22.7 Å². The number of nitrogens with one attached hydrogen (secondary N) is 1. The van der Waals surface area contributed by atoms with E-state index in [0.29, 0.717) is 66.6 Å². The van der Waals surface area contributed by atoms with E-state index in [4.69, 9.17) is 49.0 Å². The highest BCUT2D eigenvalue weighted by molar-refractivity contribution is 6.37. The summed E-state index contributed by atoms with van der Waals surface area (Å²) in [5.74, 6) is -0.398. The molecule has 274 valence electrons. The second-order valence-corrected chi connectivity index (χ2v) is 14.0. The van der Waals surface area contributed by atoms with E-state index in [1.807, 2.05) is 30.3 Å². The van der Waals surface area contributed by atoms with Crippen molar-refractivity contribution in [2.45, 2.75) is 57.6 Å². The summed E-state index contributed by atoms with van der Waals surface area (Å²) in [4.78, 5) is 18.8. The van der Waals surface area contributed by atoms with Gasteiger partial charge in [0.25, 0.3) is 0 Å². The van der Waals surface area contributed by atoms with E-state index in [1.165, 1.54) is 32.4 Å². The Balaban J connectivity index is 1.37. The number of halogens is 3. The van der Waals surface area contributed by atoms with Gasteiger partial charge < -0.3 is 29.3 Å². The van der Waals surface area contributed by atoms with E-state index in [9.17, 15) is 20.3 Å². The van der Waals surface area contributed by atoms with Crippen molar-refractivity contribution in [3.63, 3.8) is 0 Å². The first-order valence-electron chi connectivity index (χ1n) is 17.0. The van der Waals surface area contributed by atoms with Gasteiger partial charge in [-0.1, -0.05) is 71.6 Å². The van der Waals surface area contributed by atoms with Crippen molar-refractivity contribution in [1.82, 2.24) is 15.2 Å². The number of piperidine rings is 1. The van der Waals surface area contributed by atoms with Crippen LogP contribution >= 0.6 is 34.8 Å². The molecule has 1 aromatic heterocycles. The normalized spacial score (nSPS) is 15.0. The van der Waals surface area contributed by atoms with Crippen LogP contribution < -0.4 is 14.8 Å². The summed E-state index contributed by atoms with van der Waals surface area (Å²) in [6.45, 7) is 4.38. The third kappa shape index (κ3) is 10.1. The molecule has 0 aliphatic carbocycles. The van der Waals surface area contributed by atoms with Crippen molar-refractivity contribution in [3.05, 3.63) is 110 Å². The molecule has 2 atom stereocenters. The fraction of sp³-hybridized carbons (Fsp3) is 0.359. The molecule has 0 bridgehead atoms. The van der Waals surface area contributed by atoms with Crippen molar-refractivity contribution in [2.24, 2.45) is 0 Å². The zero-order valence-electron chi connectivity index (χ0n) is 28.8. The summed E-state index contributed by atoms with van der Waals surface area (Å²) in [6, 6.07) is 19.6. The minimum absolute atomic E-state index is 0.0515. The Morgan fingerprint density at radius 2 is 1.73 bits per heavy atom. The summed E-state index contributed by atoms with van der Waals surface area (Å²) in [6.07, 6.45) is 6.57. The summed E-state index contributed by atoms with van der Waals surface area (Å²) < 4.78 is 18.6. The number of benzene rings is 3. The first-order chi connectivity index (χ1) is 25.1. The van der Waals surface area contributed by atoms with Crippen LogP contribution in [0.3, 0.4) is 0 Å². The first-order valence-corrected chi connectivity index (χ1v) is 18.2. The van der Waals surface area contributed by atoms with Crippen LogP contribution in [0.15, 0.2) is 73.1 Å². The van der Waals surface area contributed by atoms with Gasteiger partial charge in [-0.25, -0.2) is 0 Å². The number of aliphatic carboxylic acids is 1. The van der Waals surface area contributed by atoms with Crippen molar-refractivity contribution < 1.29 is 29.2 Å². The van der Waals surface area contributed by atoms with Gasteiger partial charge in [0.15, 0.2) is 0 Å². The second kappa shape index (κ2) is 18.7. The molecule has 0 saturated carbocycles. The van der Waals surface area contributed by atoms with Crippen LogP contribution in [0.2, 0.25) is 15.1 Å². The maximum atomic E-state index is 12.3. The number of carbonyl (C=O) groups is 1. The van der Waals surface area contributed by atoms with Crippen molar-refractivity contribution in [3.8, 4) is 28.7 Å². The Kier molecular flexibility index (Phi) is 14.1. The standard InChI is InChI=1S/C39H41Cl3N4O6/c1-39(25-47,38(48)49)45-37(32-19-29(40)12-13-33(32)51-23-27-18-26(20-43)21-44-22-27)52-24-28-8-5-9-30(35(28)41)31-10-6-11-34(36(31)42)50-17-7-16-46-14-3-2-4-15-46/h5-6,8-13,18-19,21-22,37,45,47H,2-4,7,14-17,23-25H2,1H3,(H,48,49)/t37?,39-/m1/s1. The Bertz CT molecular complexity index is 1880. The third-order valence-electron chi connectivity index (χ3n) is 8.87. The highest BCUT2D eigenvalue weighted by Gasteiger charge is 2.36. The van der Waals surface area contributed by atoms with Gasteiger partial charge >= 0.3 is 5.97 Å². The van der Waals surface area contributed by atoms with Crippen LogP contribution in [0, 0.1) is 11.3 Å². The van der Waals surface area contributed by atoms with Crippen molar-refractivity contribution >= 4 is 40.8 Å². The largest absolute Gasteiger partial charge is 0.492 e. The number of pyridine rings is 1. The number of ether oxygens (including phenoxy) is 3. The van der Waals surface area contributed by atoms with Gasteiger partial charge in [-0.3, -0.25) is 15.1 Å². The fourth-order valence-corrected chi connectivity index (χ4v) is 6.62. The number of rotatable bonds is 17. The number of aliphatic hydroxyl groups is 1. The number of nitrogens with zero attached hydrogens (tertiary/aromatic N) is 3. The van der Waals surface area contributed by atoms with Gasteiger partial charge in [0.05, 0.1) is 35.4 Å². The van der Waals surface area contributed by atoms with Crippen LogP contribution in [0.25, 0.3) is 11.1 Å². The number of hydrogen-bond donors (Lipinski definition) is 3. The molecular formula is C39H41Cl3N4O6. The SMILES string of the molecule is C[C@](CO)(NC(OCc1cccc(-c2cccc(OCCCN3CCCCC3)c2Cl)c1Cl)c1cc(Cl)ccc1OCc1cncc(C#N)c1)C(=O)O. The lowest BCUT2D eigenvalue weighted by Crippen LogP contribution is -2.54. The molecule has 0 radical (unpaired) electrons. The second-order valence-electron chi connectivity index (χ2n) is 12.8. The molecule has 1 saturated heterocycles. The van der Waals surface area contributed by atoms with Gasteiger partial charge in [-0.05, 0) is 75.2 Å². The van der Waals surface area contributed by atoms with E-state index in [0.717, 1.165) is 26.1 Å². The minimum Gasteiger partial charge on any atom is -0.492 e. The summed E-state index contributed by atoms with van der Waals surface area (Å²) in [5.41, 5.74) is 1.55. The van der Waals surface area contributed by atoms with Crippen LogP contribution in [0.5, 0.6) is 11.5 Å². The number of likely N-dealkylation sites (tertiary alicyclic amines) is 1. The van der Waals surface area contributed by atoms with Gasteiger partial charge in [-0.15, -0.1) is 0 Å². The predicted octanol–water partition coefficient (Wildman–Crippen LogP) is 8.05. The summed E-state index contributed by atoms with van der Waals surface area (Å²) in [5, 5.41) is 33.5. The highest BCUT2D eigenvalue weighted by Crippen LogP contribution is 2.40. The molecule has 1 aliphatic rings. The maximum Gasteiger partial charge on any atom is 0.326 e. The molecule has 1 fully saturated rings. The zero-order valence-corrected chi connectivity index (χ0v) is 31.1. The van der Waals surface area contributed by atoms with E-state index >= 15 is 0 Å². The number of aromatic nitrogens is 1. The smallest absolute Gasteiger partial charge is 0.326 e. The number of hydrogen-bond acceptors (Lipinski definition) is 9. The maximum absolute atomic E-state index is 12.3. The van der Waals surface area contributed by atoms with Crippen molar-refractivity contribution in [2.75, 3.05) is 32.8 Å². The van der Waals surface area contributed by atoms with E-state index in [1.54, 1.807) is 36.5 Å². The topological polar surface area (TPSA) is 137 Å². The Hall–Kier alpha value is -3.92. The van der Waals surface area contributed by atoms with Gasteiger partial charge in [-0.2, -0.15) is 5.26 Å². The van der Waals surface area contributed by atoms with Crippen molar-refractivity contribution in [1.29, 1.82) is 5.26 Å². The molecule has 1 unspecified atom stereocenters. The third-order valence-corrected chi connectivity index (χ3v) is 9.94. The zero-order chi connectivity index (χ0) is 37.1. The Morgan fingerprint density at radius 3 is 2.46 bits per heavy atom. The fourth-order valence-electron chi connectivity index (χ4n) is 5.87. The first kappa shape index (κ1) is 39.3. The average Bonchev–Trinajstić information content (AvgIpc) is 3.16. The Morgan fingerprint density at radius 1 is 0.981 bits per heavy atom. The molecule has 10 nitrogen and oxygen atoms in total. The molecule has 2 heterocycles. The van der Waals surface area contributed by atoms with Crippen LogP contribution in [0.1, 0.15) is 61.1 Å². The molecule has 3 aromatic carbocycles. The molecule has 0 spiro atoms. The number of aliphatic hydroxyl groups excluding tert-OH is 1. The lowest BCUT2D eigenvalue weighted by molar-refractivity contribution is -0.149. The van der Waals surface area contributed by atoms with E-state index < -0.39 is 24.3 Å². The lowest BCUT2D eigenvalue weighted by Gasteiger charge is -2.31. The van der Waals surface area contributed by atoms with Gasteiger partial charge in [0.1, 0.15) is 35.9 Å². The number of carboxylic acid groups (broad SMARTS) is 1. The van der Waals surface area contributed by atoms with Gasteiger partial charge in [0.2, 0.25) is 0 Å². The van der Waals surface area contributed by atoms with Crippen LogP contribution in [0.4, 0.5) is 0 Å². The average molecular weight is 768 g/mol. The van der Waals surface area contributed by atoms with Crippen LogP contribution in [-0.4, -0.2) is 64.5 Å². The highest BCUT2D eigenvalue weighted by atomic mass is 35.5. The molecule has 4 aromatic rings. The molecule has 1 aliphatic heterocycles. The monoisotopic (exact) mass is 766 g/mol. The molecule has 3 N–H and O–H groups in total. The summed E-state index contributed by atoms with van der Waals surface area (Å²) >= 11 is 20.3. The predicted molar refractivity (Wildman–Crippen MR) is 201 cm³/mol. The summed E-state index contributed by atoms with van der Waals surface area (Å²) in [7, 11) is 0. The minimum atomic E-state index is -1.80. The molecular weight excluding hydrogens is 727 g/mol.